The SMILES string of the molecule is [CH2]C#N.[CH2]CCC(=O)OCC. The van der Waals surface area contributed by atoms with Crippen LogP contribution in [0.5, 0.6) is 0 Å². The summed E-state index contributed by atoms with van der Waals surface area (Å²) < 4.78 is 4.60. The van der Waals surface area contributed by atoms with Crippen LogP contribution in [0, 0.1) is 25.2 Å². The highest BCUT2D eigenvalue weighted by Gasteiger charge is 1.95. The van der Waals surface area contributed by atoms with Crippen molar-refractivity contribution in [3.8, 4) is 6.07 Å². The molecule has 0 atom stereocenters. The van der Waals surface area contributed by atoms with Crippen LogP contribution in [0.25, 0.3) is 0 Å². The molecule has 0 aromatic heterocycles. The first-order valence-electron chi connectivity index (χ1n) is 3.33. The summed E-state index contributed by atoms with van der Waals surface area (Å²) in [6.07, 6.45) is 1.06. The monoisotopic (exact) mass is 155 g/mol. The van der Waals surface area contributed by atoms with Gasteiger partial charge >= 0.3 is 5.97 Å². The Morgan fingerprint density at radius 2 is 2.18 bits per heavy atom. The Morgan fingerprint density at radius 1 is 1.73 bits per heavy atom. The highest BCUT2D eigenvalue weighted by atomic mass is 16.5. The number of ether oxygens (including phenoxy) is 1. The van der Waals surface area contributed by atoms with Gasteiger partial charge < -0.3 is 4.74 Å². The molecule has 0 rings (SSSR count). The van der Waals surface area contributed by atoms with Gasteiger partial charge in [0.25, 0.3) is 0 Å². The molecular formula is C8H13NO2. The Kier molecular flexibility index (Phi) is 13.4. The maximum Gasteiger partial charge on any atom is 0.305 e. The van der Waals surface area contributed by atoms with Gasteiger partial charge in [-0.2, -0.15) is 5.26 Å². The molecule has 0 aromatic carbocycles. The van der Waals surface area contributed by atoms with Crippen LogP contribution in [-0.4, -0.2) is 12.6 Å². The first-order valence-corrected chi connectivity index (χ1v) is 3.33. The summed E-state index contributed by atoms with van der Waals surface area (Å²) >= 11 is 0. The third kappa shape index (κ3) is 17.6. The summed E-state index contributed by atoms with van der Waals surface area (Å²) in [6.45, 7) is 8.56. The number of esters is 1. The van der Waals surface area contributed by atoms with E-state index in [1.54, 1.807) is 6.92 Å². The van der Waals surface area contributed by atoms with E-state index >= 15 is 0 Å². The largest absolute Gasteiger partial charge is 0.466 e. The molecule has 0 aliphatic rings. The van der Waals surface area contributed by atoms with Gasteiger partial charge in [0.15, 0.2) is 0 Å². The standard InChI is InChI=1S/C6H11O2.C2H2N/c1-3-5-6(7)8-4-2;1-2-3/h1,3-5H2,2H3;1H2. The van der Waals surface area contributed by atoms with E-state index in [2.05, 4.69) is 18.6 Å². The van der Waals surface area contributed by atoms with Crippen molar-refractivity contribution in [2.75, 3.05) is 6.61 Å². The first kappa shape index (κ1) is 12.6. The van der Waals surface area contributed by atoms with Crippen LogP contribution in [0.2, 0.25) is 0 Å². The van der Waals surface area contributed by atoms with Crippen molar-refractivity contribution in [3.63, 3.8) is 0 Å². The van der Waals surface area contributed by atoms with Crippen molar-refractivity contribution in [2.24, 2.45) is 0 Å². The molecule has 0 saturated heterocycles. The molecule has 0 unspecified atom stereocenters. The number of rotatable bonds is 3. The molecule has 0 bridgehead atoms. The molecule has 0 N–H and O–H groups in total. The smallest absolute Gasteiger partial charge is 0.305 e. The van der Waals surface area contributed by atoms with E-state index in [9.17, 15) is 4.79 Å². The average Bonchev–Trinajstić information content (AvgIpc) is 1.90. The van der Waals surface area contributed by atoms with E-state index in [0.29, 0.717) is 19.4 Å². The number of carbonyl (C=O) groups excluding carboxylic acids is 1. The molecule has 0 saturated carbocycles. The van der Waals surface area contributed by atoms with Gasteiger partial charge in [0.2, 0.25) is 0 Å². The second-order valence-electron chi connectivity index (χ2n) is 1.57. The van der Waals surface area contributed by atoms with Gasteiger partial charge in [0.05, 0.1) is 12.7 Å². The molecule has 0 aliphatic carbocycles. The topological polar surface area (TPSA) is 50.1 Å². The normalized spacial score (nSPS) is 7.09. The average molecular weight is 155 g/mol. The van der Waals surface area contributed by atoms with Crippen LogP contribution in [0.1, 0.15) is 19.8 Å². The summed E-state index contributed by atoms with van der Waals surface area (Å²) in [5.41, 5.74) is 0. The van der Waals surface area contributed by atoms with Crippen LogP contribution in [0.4, 0.5) is 0 Å². The summed E-state index contributed by atoms with van der Waals surface area (Å²) in [5, 5.41) is 7.21. The van der Waals surface area contributed by atoms with Crippen LogP contribution in [0.3, 0.4) is 0 Å². The number of nitrogens with zero attached hydrogens (tertiary/aromatic N) is 1. The maximum absolute atomic E-state index is 10.4. The second-order valence-corrected chi connectivity index (χ2v) is 1.57. The zero-order valence-electron chi connectivity index (χ0n) is 6.80. The fourth-order valence-corrected chi connectivity index (χ4v) is 0.377. The molecular weight excluding hydrogens is 142 g/mol. The van der Waals surface area contributed by atoms with Crippen LogP contribution >= 0.6 is 0 Å². The van der Waals surface area contributed by atoms with Crippen molar-refractivity contribution in [1.82, 2.24) is 0 Å². The fraction of sp³-hybridized carbons (Fsp3) is 0.500. The van der Waals surface area contributed by atoms with Gasteiger partial charge in [-0.3, -0.25) is 4.79 Å². The van der Waals surface area contributed by atoms with Gasteiger partial charge in [0.1, 0.15) is 0 Å². The van der Waals surface area contributed by atoms with Gasteiger partial charge in [-0.15, -0.1) is 0 Å². The molecule has 0 spiro atoms. The lowest BCUT2D eigenvalue weighted by atomic mass is 10.3. The van der Waals surface area contributed by atoms with E-state index in [1.807, 2.05) is 0 Å². The summed E-state index contributed by atoms with van der Waals surface area (Å²) in [6, 6.07) is 1.50. The second kappa shape index (κ2) is 11.7. The zero-order valence-corrected chi connectivity index (χ0v) is 6.80. The third-order valence-corrected chi connectivity index (χ3v) is 0.686. The summed E-state index contributed by atoms with van der Waals surface area (Å²) in [7, 11) is 0. The number of hydrogen-bond donors (Lipinski definition) is 0. The lowest BCUT2D eigenvalue weighted by Crippen LogP contribution is -2.01. The Balaban J connectivity index is 0. The number of nitriles is 1. The minimum atomic E-state index is -0.150. The van der Waals surface area contributed by atoms with Gasteiger partial charge in [-0.1, -0.05) is 6.92 Å². The zero-order chi connectivity index (χ0) is 9.11. The molecule has 2 radical (unpaired) electrons. The van der Waals surface area contributed by atoms with Crippen molar-refractivity contribution in [1.29, 1.82) is 5.26 Å². The predicted molar refractivity (Wildman–Crippen MR) is 42.2 cm³/mol. The van der Waals surface area contributed by atoms with E-state index in [0.717, 1.165) is 0 Å². The Morgan fingerprint density at radius 3 is 2.45 bits per heavy atom. The third-order valence-electron chi connectivity index (χ3n) is 0.686. The van der Waals surface area contributed by atoms with E-state index in [1.165, 1.54) is 6.07 Å². The molecule has 0 amide bonds. The van der Waals surface area contributed by atoms with E-state index in [-0.39, 0.29) is 5.97 Å². The Labute approximate surface area is 68.0 Å². The molecule has 62 valence electrons. The molecule has 3 heteroatoms. The predicted octanol–water partition coefficient (Wildman–Crippen LogP) is 1.51. The lowest BCUT2D eigenvalue weighted by Gasteiger charge is -1.96. The van der Waals surface area contributed by atoms with Crippen LogP contribution < -0.4 is 0 Å². The highest BCUT2D eigenvalue weighted by Crippen LogP contribution is 1.88. The van der Waals surface area contributed by atoms with Crippen LogP contribution in [0.15, 0.2) is 0 Å². The molecule has 11 heavy (non-hydrogen) atoms. The minimum absolute atomic E-state index is 0.150. The molecule has 0 fully saturated rings. The van der Waals surface area contributed by atoms with Crippen LogP contribution in [-0.2, 0) is 9.53 Å². The fourth-order valence-electron chi connectivity index (χ4n) is 0.377. The van der Waals surface area contributed by atoms with Gasteiger partial charge in [-0.05, 0) is 13.3 Å². The lowest BCUT2D eigenvalue weighted by molar-refractivity contribution is -0.143. The molecule has 0 aromatic rings. The van der Waals surface area contributed by atoms with Crippen molar-refractivity contribution >= 4 is 5.97 Å². The summed E-state index contributed by atoms with van der Waals surface area (Å²) in [4.78, 5) is 10.4. The van der Waals surface area contributed by atoms with Crippen molar-refractivity contribution < 1.29 is 9.53 Å². The maximum atomic E-state index is 10.4. The quantitative estimate of drug-likeness (QED) is 0.580. The first-order chi connectivity index (χ1) is 5.22. The van der Waals surface area contributed by atoms with Crippen molar-refractivity contribution in [2.45, 2.75) is 19.8 Å². The van der Waals surface area contributed by atoms with E-state index in [4.69, 9.17) is 5.26 Å². The Bertz CT molecular complexity index is 119. The van der Waals surface area contributed by atoms with Crippen molar-refractivity contribution in [3.05, 3.63) is 13.8 Å². The highest BCUT2D eigenvalue weighted by molar-refractivity contribution is 5.69. The summed E-state index contributed by atoms with van der Waals surface area (Å²) in [5.74, 6) is -0.150. The molecule has 0 heterocycles. The number of hydrogen-bond acceptors (Lipinski definition) is 3. The minimum Gasteiger partial charge on any atom is -0.466 e. The number of carbonyl (C=O) groups is 1. The van der Waals surface area contributed by atoms with Gasteiger partial charge in [0, 0.05) is 13.3 Å². The molecule has 0 aliphatic heterocycles. The van der Waals surface area contributed by atoms with Gasteiger partial charge in [-0.25, -0.2) is 0 Å². The molecule has 3 nitrogen and oxygen atoms in total. The van der Waals surface area contributed by atoms with E-state index < -0.39 is 0 Å². The Hall–Kier alpha value is -1.04.